The normalized spacial score (nSPS) is 47.9. The molecule has 124 valence electrons. The summed E-state index contributed by atoms with van der Waals surface area (Å²) in [5, 5.41) is 11.1. The van der Waals surface area contributed by atoms with Crippen LogP contribution in [0.15, 0.2) is 23.3 Å². The molecule has 0 radical (unpaired) electrons. The highest BCUT2D eigenvalue weighted by Gasteiger charge is 2.55. The zero-order valence-electron chi connectivity index (χ0n) is 14.8. The van der Waals surface area contributed by atoms with E-state index < -0.39 is 5.60 Å². The first kappa shape index (κ1) is 16.3. The second kappa shape index (κ2) is 5.79. The molecule has 2 bridgehead atoms. The Morgan fingerprint density at radius 1 is 1.27 bits per heavy atom. The zero-order chi connectivity index (χ0) is 16.1. The number of ether oxygens (including phenoxy) is 1. The van der Waals surface area contributed by atoms with E-state index in [1.807, 2.05) is 6.92 Å². The Morgan fingerprint density at radius 2 is 2.00 bits per heavy atom. The molecule has 0 unspecified atom stereocenters. The van der Waals surface area contributed by atoms with Crippen molar-refractivity contribution in [2.45, 2.75) is 78.1 Å². The van der Waals surface area contributed by atoms with Gasteiger partial charge in [0.25, 0.3) is 0 Å². The summed E-state index contributed by atoms with van der Waals surface area (Å²) in [6.45, 7) is 11.1. The fraction of sp³-hybridized carbons (Fsp3) is 0.800. The van der Waals surface area contributed by atoms with Gasteiger partial charge in [0.05, 0.1) is 17.8 Å². The fourth-order valence-corrected chi connectivity index (χ4v) is 5.11. The summed E-state index contributed by atoms with van der Waals surface area (Å²) in [5.41, 5.74) is 2.18. The molecule has 2 nitrogen and oxygen atoms in total. The van der Waals surface area contributed by atoms with Crippen molar-refractivity contribution in [3.63, 3.8) is 0 Å². The monoisotopic (exact) mass is 304 g/mol. The Kier molecular flexibility index (Phi) is 4.28. The summed E-state index contributed by atoms with van der Waals surface area (Å²) in [6, 6.07) is 0. The van der Waals surface area contributed by atoms with E-state index in [1.165, 1.54) is 11.1 Å². The number of hydrogen-bond donors (Lipinski definition) is 1. The smallest absolute Gasteiger partial charge is 0.0901 e. The van der Waals surface area contributed by atoms with Crippen LogP contribution in [0.25, 0.3) is 0 Å². The standard InChI is InChI=1S/C20H32O2/c1-12(2)15-9-8-14(4)17-16-11-13(3)7-6-10-20(5,21)19(22-16)18(15)17/h7-8,12,15-19,21H,6,9-11H2,1-5H3/b13-7-/t15-,16-,17-,18-,19-,20-/m0/s1. The Labute approximate surface area is 135 Å². The lowest BCUT2D eigenvalue weighted by Gasteiger charge is -2.42. The van der Waals surface area contributed by atoms with Crippen LogP contribution in [0.4, 0.5) is 0 Å². The van der Waals surface area contributed by atoms with Gasteiger partial charge >= 0.3 is 0 Å². The Morgan fingerprint density at radius 3 is 2.68 bits per heavy atom. The first-order chi connectivity index (χ1) is 10.3. The molecule has 3 aliphatic rings. The molecular formula is C20H32O2. The Balaban J connectivity index is 2.03. The average Bonchev–Trinajstić information content (AvgIpc) is 2.80. The van der Waals surface area contributed by atoms with E-state index in [0.29, 0.717) is 23.7 Å². The molecular weight excluding hydrogens is 272 g/mol. The topological polar surface area (TPSA) is 29.5 Å². The van der Waals surface area contributed by atoms with E-state index in [4.69, 9.17) is 4.74 Å². The lowest BCUT2D eigenvalue weighted by Crippen LogP contribution is -2.47. The van der Waals surface area contributed by atoms with Crippen molar-refractivity contribution in [1.82, 2.24) is 0 Å². The molecule has 0 saturated carbocycles. The molecule has 1 saturated heterocycles. The minimum absolute atomic E-state index is 0.0159. The maximum absolute atomic E-state index is 11.1. The van der Waals surface area contributed by atoms with E-state index in [-0.39, 0.29) is 12.2 Å². The molecule has 2 heterocycles. The molecule has 22 heavy (non-hydrogen) atoms. The van der Waals surface area contributed by atoms with Crippen LogP contribution >= 0.6 is 0 Å². The third kappa shape index (κ3) is 2.69. The summed E-state index contributed by atoms with van der Waals surface area (Å²) < 4.78 is 6.53. The number of allylic oxidation sites excluding steroid dienone is 2. The van der Waals surface area contributed by atoms with Crippen LogP contribution in [-0.2, 0) is 4.74 Å². The Hall–Kier alpha value is -0.600. The van der Waals surface area contributed by atoms with Gasteiger partial charge in [-0.2, -0.15) is 0 Å². The molecule has 1 fully saturated rings. The molecule has 2 aliphatic heterocycles. The summed E-state index contributed by atoms with van der Waals surface area (Å²) in [5.74, 6) is 2.21. The van der Waals surface area contributed by atoms with Crippen LogP contribution in [0.2, 0.25) is 0 Å². The number of aliphatic hydroxyl groups is 1. The minimum atomic E-state index is -0.719. The van der Waals surface area contributed by atoms with Crippen molar-refractivity contribution in [1.29, 1.82) is 0 Å². The van der Waals surface area contributed by atoms with Crippen molar-refractivity contribution < 1.29 is 9.84 Å². The first-order valence-electron chi connectivity index (χ1n) is 9.01. The summed E-state index contributed by atoms with van der Waals surface area (Å²) >= 11 is 0. The highest BCUT2D eigenvalue weighted by atomic mass is 16.5. The van der Waals surface area contributed by atoms with Crippen LogP contribution in [0.1, 0.15) is 60.3 Å². The maximum Gasteiger partial charge on any atom is 0.0901 e. The van der Waals surface area contributed by atoms with Crippen molar-refractivity contribution in [2.75, 3.05) is 0 Å². The van der Waals surface area contributed by atoms with Crippen molar-refractivity contribution in [3.05, 3.63) is 23.3 Å². The van der Waals surface area contributed by atoms with Crippen molar-refractivity contribution >= 4 is 0 Å². The first-order valence-corrected chi connectivity index (χ1v) is 9.01. The van der Waals surface area contributed by atoms with Crippen molar-refractivity contribution in [2.24, 2.45) is 23.7 Å². The summed E-state index contributed by atoms with van der Waals surface area (Å²) in [4.78, 5) is 0. The fourth-order valence-electron chi connectivity index (χ4n) is 5.11. The highest BCUT2D eigenvalue weighted by Crippen LogP contribution is 2.53. The van der Waals surface area contributed by atoms with Crippen LogP contribution in [0.3, 0.4) is 0 Å². The predicted molar refractivity (Wildman–Crippen MR) is 90.6 cm³/mol. The number of hydrogen-bond acceptors (Lipinski definition) is 2. The van der Waals surface area contributed by atoms with E-state index in [0.717, 1.165) is 25.7 Å². The van der Waals surface area contributed by atoms with Gasteiger partial charge in [0.2, 0.25) is 0 Å². The molecule has 1 aliphatic carbocycles. The van der Waals surface area contributed by atoms with Gasteiger partial charge in [-0.05, 0) is 58.3 Å². The molecule has 1 N–H and O–H groups in total. The zero-order valence-corrected chi connectivity index (χ0v) is 14.8. The van der Waals surface area contributed by atoms with Gasteiger partial charge in [0, 0.05) is 11.8 Å². The van der Waals surface area contributed by atoms with Gasteiger partial charge in [-0.3, -0.25) is 0 Å². The van der Waals surface area contributed by atoms with Gasteiger partial charge in [0.15, 0.2) is 0 Å². The molecule has 0 amide bonds. The van der Waals surface area contributed by atoms with Gasteiger partial charge in [-0.1, -0.05) is 37.1 Å². The van der Waals surface area contributed by atoms with Gasteiger partial charge in [-0.25, -0.2) is 0 Å². The SMILES string of the molecule is CC1=CC[C@@H](C(C)C)[C@H]2[C@@H]1[C@@H]1C/C(C)=C\CC[C@](C)(O)[C@H]2O1. The van der Waals surface area contributed by atoms with Gasteiger partial charge in [0.1, 0.15) is 0 Å². The van der Waals surface area contributed by atoms with Crippen molar-refractivity contribution in [3.8, 4) is 0 Å². The van der Waals surface area contributed by atoms with Gasteiger partial charge in [-0.15, -0.1) is 0 Å². The predicted octanol–water partition coefficient (Wildman–Crippen LogP) is 4.49. The van der Waals surface area contributed by atoms with Crippen LogP contribution in [0, 0.1) is 23.7 Å². The quantitative estimate of drug-likeness (QED) is 0.723. The van der Waals surface area contributed by atoms with Gasteiger partial charge < -0.3 is 9.84 Å². The lowest BCUT2D eigenvalue weighted by molar-refractivity contribution is -0.115. The third-order valence-electron chi connectivity index (χ3n) is 6.35. The second-order valence-corrected chi connectivity index (χ2v) is 8.44. The van der Waals surface area contributed by atoms with Crippen LogP contribution < -0.4 is 0 Å². The summed E-state index contributed by atoms with van der Waals surface area (Å²) in [7, 11) is 0. The van der Waals surface area contributed by atoms with E-state index in [9.17, 15) is 5.11 Å². The molecule has 0 aromatic carbocycles. The van der Waals surface area contributed by atoms with E-state index in [2.05, 4.69) is 39.8 Å². The molecule has 3 rings (SSSR count). The largest absolute Gasteiger partial charge is 0.387 e. The van der Waals surface area contributed by atoms with Crippen LogP contribution in [-0.4, -0.2) is 22.9 Å². The lowest BCUT2D eigenvalue weighted by atomic mass is 9.63. The average molecular weight is 304 g/mol. The summed E-state index contributed by atoms with van der Waals surface area (Å²) in [6.07, 6.45) is 8.89. The molecule has 0 aromatic heterocycles. The molecule has 6 atom stereocenters. The number of fused-ring (bicyclic) bond motifs is 5. The van der Waals surface area contributed by atoms with E-state index >= 15 is 0 Å². The maximum atomic E-state index is 11.1. The molecule has 0 spiro atoms. The van der Waals surface area contributed by atoms with Crippen LogP contribution in [0.5, 0.6) is 0 Å². The highest BCUT2D eigenvalue weighted by molar-refractivity contribution is 5.21. The molecule has 0 aromatic rings. The second-order valence-electron chi connectivity index (χ2n) is 8.44. The Bertz CT molecular complexity index is 486. The number of rotatable bonds is 1. The van der Waals surface area contributed by atoms with E-state index in [1.54, 1.807) is 0 Å². The minimum Gasteiger partial charge on any atom is -0.387 e. The third-order valence-corrected chi connectivity index (χ3v) is 6.35. The molecule has 2 heteroatoms.